The van der Waals surface area contributed by atoms with Crippen LogP contribution in [0.5, 0.6) is 0 Å². The van der Waals surface area contributed by atoms with E-state index in [4.69, 9.17) is 0 Å². The standard InChI is InChI=1S/C10H17Br2NO/c1-7-4-8(9(14)13(11)12)6-10(2,3)5-7/h7-8H,4-6H2,1-3H3. The van der Waals surface area contributed by atoms with Gasteiger partial charge in [0.15, 0.2) is 0 Å². The molecule has 0 N–H and O–H groups in total. The number of nitrogens with zero attached hydrogens (tertiary/aromatic N) is 1. The minimum absolute atomic E-state index is 0.143. The van der Waals surface area contributed by atoms with E-state index in [0.717, 1.165) is 12.8 Å². The lowest BCUT2D eigenvalue weighted by atomic mass is 9.68. The zero-order valence-electron chi connectivity index (χ0n) is 8.89. The van der Waals surface area contributed by atoms with Crippen LogP contribution in [0.2, 0.25) is 0 Å². The number of hydrogen-bond donors (Lipinski definition) is 0. The number of amides is 1. The average Bonchev–Trinajstić information content (AvgIpc) is 1.98. The van der Waals surface area contributed by atoms with E-state index in [0.29, 0.717) is 11.3 Å². The predicted octanol–water partition coefficient (Wildman–Crippen LogP) is 3.90. The smallest absolute Gasteiger partial charge is 0.245 e. The van der Waals surface area contributed by atoms with Crippen LogP contribution in [0.4, 0.5) is 0 Å². The first-order valence-electron chi connectivity index (χ1n) is 4.97. The number of rotatable bonds is 1. The van der Waals surface area contributed by atoms with Gasteiger partial charge in [0, 0.05) is 5.92 Å². The molecule has 2 nitrogen and oxygen atoms in total. The maximum atomic E-state index is 11.8. The van der Waals surface area contributed by atoms with E-state index >= 15 is 0 Å². The largest absolute Gasteiger partial charge is 0.273 e. The Balaban J connectivity index is 2.67. The molecule has 4 heteroatoms. The van der Waals surface area contributed by atoms with Gasteiger partial charge in [0.25, 0.3) is 0 Å². The van der Waals surface area contributed by atoms with Crippen molar-refractivity contribution >= 4 is 38.2 Å². The van der Waals surface area contributed by atoms with Crippen LogP contribution in [0, 0.1) is 17.3 Å². The first-order valence-corrected chi connectivity index (χ1v) is 6.39. The van der Waals surface area contributed by atoms with Crippen LogP contribution in [0.3, 0.4) is 0 Å². The number of carbonyl (C=O) groups is 1. The Hall–Kier alpha value is 0.430. The highest BCUT2D eigenvalue weighted by Crippen LogP contribution is 2.42. The molecule has 1 saturated carbocycles. The predicted molar refractivity (Wildman–Crippen MR) is 65.0 cm³/mol. The van der Waals surface area contributed by atoms with Gasteiger partial charge in [-0.15, -0.1) is 0 Å². The van der Waals surface area contributed by atoms with Gasteiger partial charge in [-0.3, -0.25) is 4.79 Å². The molecule has 0 radical (unpaired) electrons. The summed E-state index contributed by atoms with van der Waals surface area (Å²) < 4.78 is 1.36. The monoisotopic (exact) mass is 325 g/mol. The molecule has 82 valence electrons. The Kier molecular flexibility index (Phi) is 4.03. The Labute approximate surface area is 103 Å². The molecule has 1 fully saturated rings. The normalized spacial score (nSPS) is 31.2. The average molecular weight is 327 g/mol. The summed E-state index contributed by atoms with van der Waals surface area (Å²) in [5.41, 5.74) is 0.300. The van der Waals surface area contributed by atoms with E-state index in [9.17, 15) is 4.79 Å². The fourth-order valence-corrected chi connectivity index (χ4v) is 3.25. The van der Waals surface area contributed by atoms with Gasteiger partial charge < -0.3 is 0 Å². The highest BCUT2D eigenvalue weighted by molar-refractivity contribution is 9.21. The minimum atomic E-state index is 0.143. The molecule has 0 bridgehead atoms. The van der Waals surface area contributed by atoms with E-state index in [1.807, 2.05) is 0 Å². The Morgan fingerprint density at radius 2 is 1.93 bits per heavy atom. The molecule has 1 aliphatic rings. The van der Waals surface area contributed by atoms with E-state index in [2.05, 4.69) is 53.1 Å². The summed E-state index contributed by atoms with van der Waals surface area (Å²) in [6, 6.07) is 0. The van der Waals surface area contributed by atoms with Crippen molar-refractivity contribution in [2.75, 3.05) is 0 Å². The second-order valence-corrected chi connectivity index (χ2v) is 7.55. The summed E-state index contributed by atoms with van der Waals surface area (Å²) in [6.07, 6.45) is 3.22. The van der Waals surface area contributed by atoms with Crippen molar-refractivity contribution in [1.29, 1.82) is 0 Å². The molecule has 0 spiro atoms. The fourth-order valence-electron chi connectivity index (χ4n) is 2.67. The van der Waals surface area contributed by atoms with Gasteiger partial charge in [0.2, 0.25) is 5.91 Å². The van der Waals surface area contributed by atoms with Crippen LogP contribution in [0.15, 0.2) is 0 Å². The third-order valence-corrected chi connectivity index (χ3v) is 3.60. The molecular formula is C10H17Br2NO. The molecule has 0 saturated heterocycles. The van der Waals surface area contributed by atoms with Gasteiger partial charge in [-0.1, -0.05) is 20.8 Å². The van der Waals surface area contributed by atoms with Crippen molar-refractivity contribution in [1.82, 2.24) is 2.95 Å². The summed E-state index contributed by atoms with van der Waals surface area (Å²) in [4.78, 5) is 11.8. The highest BCUT2D eigenvalue weighted by atomic mass is 79.9. The Morgan fingerprint density at radius 3 is 2.36 bits per heavy atom. The van der Waals surface area contributed by atoms with Crippen LogP contribution >= 0.6 is 32.3 Å². The summed E-state index contributed by atoms with van der Waals surface area (Å²) in [7, 11) is 0. The summed E-state index contributed by atoms with van der Waals surface area (Å²) >= 11 is 6.27. The molecule has 0 aliphatic heterocycles. The van der Waals surface area contributed by atoms with Crippen molar-refractivity contribution in [3.63, 3.8) is 0 Å². The summed E-state index contributed by atoms with van der Waals surface area (Å²) in [6.45, 7) is 6.72. The second kappa shape index (κ2) is 4.52. The van der Waals surface area contributed by atoms with Gasteiger partial charge in [-0.25, -0.2) is 2.95 Å². The minimum Gasteiger partial charge on any atom is -0.273 e. The molecular weight excluding hydrogens is 310 g/mol. The lowest BCUT2D eigenvalue weighted by molar-refractivity contribution is -0.129. The third kappa shape index (κ3) is 3.23. The van der Waals surface area contributed by atoms with E-state index in [1.165, 1.54) is 9.37 Å². The SMILES string of the molecule is CC1CC(C(=O)N(Br)Br)CC(C)(C)C1. The van der Waals surface area contributed by atoms with Crippen molar-refractivity contribution in [3.05, 3.63) is 0 Å². The third-order valence-electron chi connectivity index (χ3n) is 2.90. The van der Waals surface area contributed by atoms with Gasteiger partial charge in [0.1, 0.15) is 0 Å². The first kappa shape index (κ1) is 12.5. The van der Waals surface area contributed by atoms with Crippen molar-refractivity contribution in [2.45, 2.75) is 40.0 Å². The Bertz CT molecular complexity index is 228. The van der Waals surface area contributed by atoms with Gasteiger partial charge in [-0.05, 0) is 30.6 Å². The molecule has 2 unspecified atom stereocenters. The summed E-state index contributed by atoms with van der Waals surface area (Å²) in [5.74, 6) is 0.949. The zero-order valence-corrected chi connectivity index (χ0v) is 12.1. The lowest BCUT2D eigenvalue weighted by Crippen LogP contribution is -2.34. The van der Waals surface area contributed by atoms with Crippen molar-refractivity contribution in [3.8, 4) is 0 Å². The molecule has 1 aliphatic carbocycles. The van der Waals surface area contributed by atoms with Crippen LogP contribution < -0.4 is 0 Å². The van der Waals surface area contributed by atoms with Crippen molar-refractivity contribution < 1.29 is 4.79 Å². The number of carbonyl (C=O) groups excluding carboxylic acids is 1. The van der Waals surface area contributed by atoms with Gasteiger partial charge in [0.05, 0.1) is 32.3 Å². The van der Waals surface area contributed by atoms with Crippen LogP contribution in [-0.2, 0) is 4.79 Å². The van der Waals surface area contributed by atoms with Crippen LogP contribution in [0.1, 0.15) is 40.0 Å². The lowest BCUT2D eigenvalue weighted by Gasteiger charge is -2.38. The second-order valence-electron chi connectivity index (χ2n) is 5.18. The molecule has 14 heavy (non-hydrogen) atoms. The summed E-state index contributed by atoms with van der Waals surface area (Å²) in [5, 5.41) is 0. The fraction of sp³-hybridized carbons (Fsp3) is 0.900. The number of hydrogen-bond acceptors (Lipinski definition) is 1. The molecule has 2 atom stereocenters. The Morgan fingerprint density at radius 1 is 1.36 bits per heavy atom. The van der Waals surface area contributed by atoms with Gasteiger partial charge in [-0.2, -0.15) is 0 Å². The number of halogens is 2. The van der Waals surface area contributed by atoms with Crippen molar-refractivity contribution in [2.24, 2.45) is 17.3 Å². The van der Waals surface area contributed by atoms with E-state index in [1.54, 1.807) is 0 Å². The van der Waals surface area contributed by atoms with E-state index in [-0.39, 0.29) is 11.8 Å². The molecule has 1 rings (SSSR count). The van der Waals surface area contributed by atoms with Crippen LogP contribution in [-0.4, -0.2) is 8.86 Å². The maximum absolute atomic E-state index is 11.8. The first-order chi connectivity index (χ1) is 6.32. The molecule has 0 aromatic heterocycles. The topological polar surface area (TPSA) is 20.3 Å². The van der Waals surface area contributed by atoms with Gasteiger partial charge >= 0.3 is 0 Å². The van der Waals surface area contributed by atoms with E-state index < -0.39 is 0 Å². The maximum Gasteiger partial charge on any atom is 0.245 e. The quantitative estimate of drug-likeness (QED) is 0.669. The molecule has 0 aromatic rings. The highest BCUT2D eigenvalue weighted by Gasteiger charge is 2.36. The molecule has 0 heterocycles. The molecule has 0 aromatic carbocycles. The molecule has 1 amide bonds. The van der Waals surface area contributed by atoms with Crippen LogP contribution in [0.25, 0.3) is 0 Å². The zero-order chi connectivity index (χ0) is 10.9.